The molecule has 4 rings (SSSR count). The maximum absolute atomic E-state index is 13.2. The molecule has 1 aromatic heterocycles. The summed E-state index contributed by atoms with van der Waals surface area (Å²) in [6.45, 7) is 5.06. The van der Waals surface area contributed by atoms with Crippen LogP contribution >= 0.6 is 0 Å². The van der Waals surface area contributed by atoms with Crippen molar-refractivity contribution >= 4 is 5.91 Å². The highest BCUT2D eigenvalue weighted by Gasteiger charge is 2.28. The molecule has 0 spiro atoms. The molecule has 6 nitrogen and oxygen atoms in total. The number of aromatic nitrogens is 2. The first-order valence-corrected chi connectivity index (χ1v) is 11.5. The normalized spacial score (nSPS) is 14.7. The van der Waals surface area contributed by atoms with E-state index in [1.807, 2.05) is 48.0 Å². The minimum Gasteiger partial charge on any atom is -0.394 e. The summed E-state index contributed by atoms with van der Waals surface area (Å²) >= 11 is 0. The zero-order chi connectivity index (χ0) is 22.3. The molecule has 0 fully saturated rings. The van der Waals surface area contributed by atoms with Crippen LogP contribution < -0.4 is 5.32 Å². The molecule has 2 aromatic carbocycles. The first-order chi connectivity index (χ1) is 15.7. The lowest BCUT2D eigenvalue weighted by molar-refractivity contribution is 0.0931. The van der Waals surface area contributed by atoms with Crippen LogP contribution in [0.3, 0.4) is 0 Å². The largest absolute Gasteiger partial charge is 0.394 e. The van der Waals surface area contributed by atoms with Crippen LogP contribution in [0.4, 0.5) is 0 Å². The SMILES string of the molecule is C[C@@H](NC(=O)c1nn(CCO)c2c1CN(CCCc1ccccc1)CC2)c1ccccc1. The molecule has 32 heavy (non-hydrogen) atoms. The van der Waals surface area contributed by atoms with Gasteiger partial charge in [0, 0.05) is 30.8 Å². The Labute approximate surface area is 189 Å². The predicted octanol–water partition coefficient (Wildman–Crippen LogP) is 3.36. The second kappa shape index (κ2) is 10.6. The van der Waals surface area contributed by atoms with Gasteiger partial charge in [-0.05, 0) is 37.4 Å². The number of aliphatic hydroxyl groups excluding tert-OH is 1. The van der Waals surface area contributed by atoms with Crippen molar-refractivity contribution in [2.45, 2.75) is 45.3 Å². The van der Waals surface area contributed by atoms with E-state index < -0.39 is 0 Å². The fourth-order valence-corrected chi connectivity index (χ4v) is 4.44. The summed E-state index contributed by atoms with van der Waals surface area (Å²) in [5.41, 5.74) is 4.99. The third-order valence-corrected chi connectivity index (χ3v) is 6.17. The van der Waals surface area contributed by atoms with E-state index in [9.17, 15) is 9.90 Å². The first-order valence-electron chi connectivity index (χ1n) is 11.5. The second-order valence-electron chi connectivity index (χ2n) is 8.44. The molecule has 0 saturated carbocycles. The van der Waals surface area contributed by atoms with Crippen LogP contribution in [-0.2, 0) is 25.9 Å². The van der Waals surface area contributed by atoms with Crippen LogP contribution in [-0.4, -0.2) is 45.4 Å². The number of fused-ring (bicyclic) bond motifs is 1. The number of hydrogen-bond donors (Lipinski definition) is 2. The molecule has 1 atom stereocenters. The van der Waals surface area contributed by atoms with E-state index in [0.717, 1.165) is 55.7 Å². The lowest BCUT2D eigenvalue weighted by atomic mass is 10.0. The van der Waals surface area contributed by atoms with Crippen LogP contribution in [0.25, 0.3) is 0 Å². The van der Waals surface area contributed by atoms with Gasteiger partial charge in [-0.1, -0.05) is 60.7 Å². The van der Waals surface area contributed by atoms with Crippen molar-refractivity contribution < 1.29 is 9.90 Å². The van der Waals surface area contributed by atoms with E-state index in [2.05, 4.69) is 39.6 Å². The number of rotatable bonds is 9. The molecule has 1 aliphatic heterocycles. The summed E-state index contributed by atoms with van der Waals surface area (Å²) in [6.07, 6.45) is 2.97. The lowest BCUT2D eigenvalue weighted by Gasteiger charge is -2.27. The van der Waals surface area contributed by atoms with Gasteiger partial charge in [-0.3, -0.25) is 14.4 Å². The number of amides is 1. The van der Waals surface area contributed by atoms with Crippen LogP contribution in [0, 0.1) is 0 Å². The quantitative estimate of drug-likeness (QED) is 0.544. The Hall–Kier alpha value is -2.96. The van der Waals surface area contributed by atoms with Gasteiger partial charge in [0.1, 0.15) is 0 Å². The highest BCUT2D eigenvalue weighted by Crippen LogP contribution is 2.24. The van der Waals surface area contributed by atoms with Crippen LogP contribution in [0.1, 0.15) is 52.3 Å². The van der Waals surface area contributed by atoms with Crippen molar-refractivity contribution in [1.29, 1.82) is 0 Å². The predicted molar refractivity (Wildman–Crippen MR) is 125 cm³/mol. The summed E-state index contributed by atoms with van der Waals surface area (Å²) in [5.74, 6) is -0.152. The van der Waals surface area contributed by atoms with Crippen molar-refractivity contribution in [2.75, 3.05) is 19.7 Å². The fourth-order valence-electron chi connectivity index (χ4n) is 4.44. The van der Waals surface area contributed by atoms with Crippen LogP contribution in [0.5, 0.6) is 0 Å². The summed E-state index contributed by atoms with van der Waals surface area (Å²) in [7, 11) is 0. The molecule has 0 radical (unpaired) electrons. The first kappa shape index (κ1) is 22.2. The summed E-state index contributed by atoms with van der Waals surface area (Å²) < 4.78 is 1.82. The second-order valence-corrected chi connectivity index (χ2v) is 8.44. The molecule has 1 aliphatic rings. The number of aliphatic hydroxyl groups is 1. The van der Waals surface area contributed by atoms with Gasteiger partial charge in [0.05, 0.1) is 19.2 Å². The highest BCUT2D eigenvalue weighted by molar-refractivity contribution is 5.94. The molecule has 1 amide bonds. The van der Waals surface area contributed by atoms with E-state index in [1.54, 1.807) is 0 Å². The van der Waals surface area contributed by atoms with Crippen molar-refractivity contribution in [3.8, 4) is 0 Å². The standard InChI is InChI=1S/C26H32N4O2/c1-20(22-12-6-3-7-13-22)27-26(32)25-23-19-29(15-8-11-21-9-4-2-5-10-21)16-14-24(23)30(28-25)17-18-31/h2-7,9-10,12-13,20,31H,8,11,14-19H2,1H3,(H,27,32)/t20-/m1/s1. The Morgan fingerprint density at radius 1 is 1.09 bits per heavy atom. The average molecular weight is 433 g/mol. The Kier molecular flexibility index (Phi) is 7.35. The summed E-state index contributed by atoms with van der Waals surface area (Å²) in [5, 5.41) is 17.2. The minimum atomic E-state index is -0.152. The molecule has 0 saturated heterocycles. The molecule has 2 N–H and O–H groups in total. The van der Waals surface area contributed by atoms with E-state index in [4.69, 9.17) is 0 Å². The lowest BCUT2D eigenvalue weighted by Crippen LogP contribution is -2.34. The molecule has 6 heteroatoms. The maximum Gasteiger partial charge on any atom is 0.272 e. The monoisotopic (exact) mass is 432 g/mol. The minimum absolute atomic E-state index is 0.0103. The zero-order valence-corrected chi connectivity index (χ0v) is 18.7. The van der Waals surface area contributed by atoms with Crippen molar-refractivity contribution in [2.24, 2.45) is 0 Å². The zero-order valence-electron chi connectivity index (χ0n) is 18.7. The average Bonchev–Trinajstić information content (AvgIpc) is 3.18. The summed E-state index contributed by atoms with van der Waals surface area (Å²) in [6, 6.07) is 20.4. The molecule has 3 aromatic rings. The van der Waals surface area contributed by atoms with Crippen molar-refractivity contribution in [3.05, 3.63) is 88.7 Å². The van der Waals surface area contributed by atoms with E-state index in [-0.39, 0.29) is 18.6 Å². The van der Waals surface area contributed by atoms with E-state index in [0.29, 0.717) is 12.2 Å². The molecule has 0 aliphatic carbocycles. The van der Waals surface area contributed by atoms with Crippen LogP contribution in [0.2, 0.25) is 0 Å². The smallest absolute Gasteiger partial charge is 0.272 e. The van der Waals surface area contributed by atoms with Gasteiger partial charge in [-0.2, -0.15) is 5.10 Å². The molecule has 0 bridgehead atoms. The number of nitrogens with one attached hydrogen (secondary N) is 1. The maximum atomic E-state index is 13.2. The van der Waals surface area contributed by atoms with E-state index >= 15 is 0 Å². The fraction of sp³-hybridized carbons (Fsp3) is 0.385. The third kappa shape index (κ3) is 5.26. The molecular formula is C26H32N4O2. The van der Waals surface area contributed by atoms with E-state index in [1.165, 1.54) is 5.56 Å². The molecule has 2 heterocycles. The molecule has 0 unspecified atom stereocenters. The number of carbonyl (C=O) groups is 1. The number of carbonyl (C=O) groups excluding carboxylic acids is 1. The summed E-state index contributed by atoms with van der Waals surface area (Å²) in [4.78, 5) is 15.6. The van der Waals surface area contributed by atoms with Crippen molar-refractivity contribution in [3.63, 3.8) is 0 Å². The van der Waals surface area contributed by atoms with Gasteiger partial charge in [0.25, 0.3) is 5.91 Å². The number of aryl methyl sites for hydroxylation is 1. The molecule has 168 valence electrons. The van der Waals surface area contributed by atoms with Crippen LogP contribution in [0.15, 0.2) is 60.7 Å². The molecular weight excluding hydrogens is 400 g/mol. The topological polar surface area (TPSA) is 70.4 Å². The number of hydrogen-bond acceptors (Lipinski definition) is 4. The van der Waals surface area contributed by atoms with Gasteiger partial charge < -0.3 is 10.4 Å². The third-order valence-electron chi connectivity index (χ3n) is 6.17. The highest BCUT2D eigenvalue weighted by atomic mass is 16.3. The Bertz CT molecular complexity index is 1020. The Morgan fingerprint density at radius 2 is 1.81 bits per heavy atom. The van der Waals surface area contributed by atoms with Gasteiger partial charge >= 0.3 is 0 Å². The number of benzene rings is 2. The Morgan fingerprint density at radius 3 is 2.53 bits per heavy atom. The Balaban J connectivity index is 1.45. The van der Waals surface area contributed by atoms with Gasteiger partial charge in [-0.15, -0.1) is 0 Å². The van der Waals surface area contributed by atoms with Gasteiger partial charge in [-0.25, -0.2) is 0 Å². The van der Waals surface area contributed by atoms with Gasteiger partial charge in [0.15, 0.2) is 5.69 Å². The van der Waals surface area contributed by atoms with Crippen molar-refractivity contribution in [1.82, 2.24) is 20.0 Å². The number of nitrogens with zero attached hydrogens (tertiary/aromatic N) is 3. The van der Waals surface area contributed by atoms with Gasteiger partial charge in [0.2, 0.25) is 0 Å².